The Balaban J connectivity index is 1.94. The van der Waals surface area contributed by atoms with E-state index in [2.05, 4.69) is 0 Å². The summed E-state index contributed by atoms with van der Waals surface area (Å²) in [5.41, 5.74) is -1.39. The molecule has 25 heavy (non-hydrogen) atoms. The smallest absolute Gasteiger partial charge is 0.359 e. The van der Waals surface area contributed by atoms with Gasteiger partial charge in [-0.2, -0.15) is 0 Å². The molecule has 2 aromatic carbocycles. The number of hydrogen-bond donors (Lipinski definition) is 0. The molecule has 0 fully saturated rings. The van der Waals surface area contributed by atoms with E-state index in [-0.39, 0.29) is 11.3 Å². The third-order valence-electron chi connectivity index (χ3n) is 4.12. The molecule has 1 atom stereocenters. The number of para-hydroxylation sites is 1. The van der Waals surface area contributed by atoms with Gasteiger partial charge in [-0.05, 0) is 36.4 Å². The lowest BCUT2D eigenvalue weighted by Crippen LogP contribution is -2.50. The van der Waals surface area contributed by atoms with Crippen molar-refractivity contribution in [2.45, 2.75) is 12.0 Å². The maximum atomic E-state index is 12.8. The van der Waals surface area contributed by atoms with Crippen LogP contribution in [0.5, 0.6) is 11.5 Å². The van der Waals surface area contributed by atoms with Gasteiger partial charge in [0, 0.05) is 5.56 Å². The summed E-state index contributed by atoms with van der Waals surface area (Å²) in [5.74, 6) is -1.01. The number of carbonyl (C=O) groups excluding carboxylic acids is 3. The first-order valence-corrected chi connectivity index (χ1v) is 7.60. The summed E-state index contributed by atoms with van der Waals surface area (Å²) in [6.07, 6.45) is -0.445. The fourth-order valence-corrected chi connectivity index (χ4v) is 2.79. The van der Waals surface area contributed by atoms with E-state index in [4.69, 9.17) is 14.2 Å². The van der Waals surface area contributed by atoms with E-state index in [9.17, 15) is 14.4 Å². The minimum absolute atomic E-state index is 0.260. The fourth-order valence-electron chi connectivity index (χ4n) is 2.79. The number of carbonyl (C=O) groups is 3. The minimum Gasteiger partial charge on any atom is -0.497 e. The first-order valence-electron chi connectivity index (χ1n) is 7.60. The van der Waals surface area contributed by atoms with Gasteiger partial charge in [0.1, 0.15) is 11.5 Å². The normalized spacial score (nSPS) is 18.2. The van der Waals surface area contributed by atoms with E-state index < -0.39 is 29.6 Å². The number of ether oxygens (including phenoxy) is 3. The van der Waals surface area contributed by atoms with Gasteiger partial charge in [0.05, 0.1) is 26.2 Å². The Morgan fingerprint density at radius 1 is 1.04 bits per heavy atom. The molecule has 0 N–H and O–H groups in total. The van der Waals surface area contributed by atoms with Gasteiger partial charge >= 0.3 is 5.97 Å². The van der Waals surface area contributed by atoms with E-state index in [0.717, 1.165) is 7.11 Å². The predicted octanol–water partition coefficient (Wildman–Crippen LogP) is 2.46. The zero-order chi connectivity index (χ0) is 18.0. The summed E-state index contributed by atoms with van der Waals surface area (Å²) in [6.45, 7) is 0. The SMILES string of the molecule is COC(=O)[C@]1(CC(=O)c2ccc(OC)cc2)Oc2ccccc2C1=O. The van der Waals surface area contributed by atoms with E-state index >= 15 is 0 Å². The zero-order valence-electron chi connectivity index (χ0n) is 13.8. The topological polar surface area (TPSA) is 78.9 Å². The molecule has 1 heterocycles. The molecule has 0 radical (unpaired) electrons. The van der Waals surface area contributed by atoms with Crippen LogP contribution >= 0.6 is 0 Å². The van der Waals surface area contributed by atoms with Crippen LogP contribution in [0, 0.1) is 0 Å². The van der Waals surface area contributed by atoms with Crippen LogP contribution in [0.2, 0.25) is 0 Å². The molecule has 128 valence electrons. The molecule has 3 rings (SSSR count). The summed E-state index contributed by atoms with van der Waals surface area (Å²) in [6, 6.07) is 12.9. The van der Waals surface area contributed by atoms with Crippen molar-refractivity contribution < 1.29 is 28.6 Å². The quantitative estimate of drug-likeness (QED) is 0.473. The summed E-state index contributed by atoms with van der Waals surface area (Å²) < 4.78 is 15.4. The van der Waals surface area contributed by atoms with Crippen molar-refractivity contribution in [3.63, 3.8) is 0 Å². The van der Waals surface area contributed by atoms with Gasteiger partial charge in [-0.3, -0.25) is 9.59 Å². The second kappa shape index (κ2) is 6.39. The molecular weight excluding hydrogens is 324 g/mol. The molecule has 0 spiro atoms. The largest absolute Gasteiger partial charge is 0.497 e. The number of Topliss-reactive ketones (excluding diaryl/α,β-unsaturated/α-hetero) is 2. The Labute approximate surface area is 144 Å². The minimum atomic E-state index is -1.99. The molecule has 1 aliphatic rings. The van der Waals surface area contributed by atoms with Crippen molar-refractivity contribution in [3.05, 3.63) is 59.7 Å². The molecule has 0 saturated carbocycles. The number of methoxy groups -OCH3 is 2. The molecule has 0 amide bonds. The van der Waals surface area contributed by atoms with Gasteiger partial charge < -0.3 is 14.2 Å². The molecule has 2 aromatic rings. The van der Waals surface area contributed by atoms with E-state index in [1.165, 1.54) is 7.11 Å². The first kappa shape index (κ1) is 16.7. The molecule has 0 saturated heterocycles. The Hall–Kier alpha value is -3.15. The molecule has 6 heteroatoms. The fraction of sp³-hybridized carbons (Fsp3) is 0.211. The van der Waals surface area contributed by atoms with Gasteiger partial charge in [-0.1, -0.05) is 12.1 Å². The lowest BCUT2D eigenvalue weighted by Gasteiger charge is -2.23. The standard InChI is InChI=1S/C19H16O6/c1-23-13-9-7-12(8-10-13)15(20)11-19(18(22)24-2)17(21)14-5-3-4-6-16(14)25-19/h3-10H,11H2,1-2H3/t19-/m1/s1. The second-order valence-corrected chi connectivity index (χ2v) is 5.57. The molecule has 0 aromatic heterocycles. The average molecular weight is 340 g/mol. The monoisotopic (exact) mass is 340 g/mol. The Morgan fingerprint density at radius 2 is 1.72 bits per heavy atom. The van der Waals surface area contributed by atoms with Crippen molar-refractivity contribution >= 4 is 17.5 Å². The summed E-state index contributed by atoms with van der Waals surface area (Å²) in [7, 11) is 2.67. The van der Waals surface area contributed by atoms with Gasteiger partial charge in [0.15, 0.2) is 5.78 Å². The maximum Gasteiger partial charge on any atom is 0.359 e. The van der Waals surface area contributed by atoms with E-state index in [1.807, 2.05) is 0 Å². The molecule has 1 aliphatic heterocycles. The Morgan fingerprint density at radius 3 is 2.32 bits per heavy atom. The van der Waals surface area contributed by atoms with Crippen LogP contribution in [-0.4, -0.2) is 37.4 Å². The predicted molar refractivity (Wildman–Crippen MR) is 88.1 cm³/mol. The number of rotatable bonds is 5. The zero-order valence-corrected chi connectivity index (χ0v) is 13.8. The second-order valence-electron chi connectivity index (χ2n) is 5.57. The highest BCUT2D eigenvalue weighted by atomic mass is 16.6. The van der Waals surface area contributed by atoms with Crippen LogP contribution in [0.3, 0.4) is 0 Å². The number of fused-ring (bicyclic) bond motifs is 1. The molecule has 6 nitrogen and oxygen atoms in total. The lowest BCUT2D eigenvalue weighted by atomic mass is 9.88. The number of benzene rings is 2. The third kappa shape index (κ3) is 2.76. The van der Waals surface area contributed by atoms with Crippen LogP contribution < -0.4 is 9.47 Å². The van der Waals surface area contributed by atoms with Crippen LogP contribution in [0.15, 0.2) is 48.5 Å². The third-order valence-corrected chi connectivity index (χ3v) is 4.12. The van der Waals surface area contributed by atoms with Crippen molar-refractivity contribution in [3.8, 4) is 11.5 Å². The first-order chi connectivity index (χ1) is 12.0. The molecule has 0 aliphatic carbocycles. The van der Waals surface area contributed by atoms with Gasteiger partial charge in [0.25, 0.3) is 5.60 Å². The summed E-state index contributed by atoms with van der Waals surface area (Å²) >= 11 is 0. The van der Waals surface area contributed by atoms with Crippen molar-refractivity contribution in [1.29, 1.82) is 0 Å². The number of hydrogen-bond acceptors (Lipinski definition) is 6. The highest BCUT2D eigenvalue weighted by Gasteiger charge is 2.56. The van der Waals surface area contributed by atoms with Crippen LogP contribution in [-0.2, 0) is 9.53 Å². The highest BCUT2D eigenvalue weighted by Crippen LogP contribution is 2.38. The summed E-state index contributed by atoms with van der Waals surface area (Å²) in [4.78, 5) is 37.8. The van der Waals surface area contributed by atoms with Crippen molar-refractivity contribution in [1.82, 2.24) is 0 Å². The molecule has 0 bridgehead atoms. The Bertz CT molecular complexity index is 839. The number of ketones is 2. The van der Waals surface area contributed by atoms with E-state index in [1.54, 1.807) is 48.5 Å². The maximum absolute atomic E-state index is 12.8. The van der Waals surface area contributed by atoms with Crippen molar-refractivity contribution in [2.24, 2.45) is 0 Å². The van der Waals surface area contributed by atoms with Crippen molar-refractivity contribution in [2.75, 3.05) is 14.2 Å². The van der Waals surface area contributed by atoms with Gasteiger partial charge in [0.2, 0.25) is 5.78 Å². The molecular formula is C19H16O6. The van der Waals surface area contributed by atoms with Crippen LogP contribution in [0.4, 0.5) is 0 Å². The van der Waals surface area contributed by atoms with Gasteiger partial charge in [-0.15, -0.1) is 0 Å². The Kier molecular flexibility index (Phi) is 4.27. The van der Waals surface area contributed by atoms with Crippen LogP contribution in [0.1, 0.15) is 27.1 Å². The van der Waals surface area contributed by atoms with E-state index in [0.29, 0.717) is 11.3 Å². The molecule has 0 unspecified atom stereocenters. The van der Waals surface area contributed by atoms with Crippen LogP contribution in [0.25, 0.3) is 0 Å². The lowest BCUT2D eigenvalue weighted by molar-refractivity contribution is -0.153. The highest BCUT2D eigenvalue weighted by molar-refractivity contribution is 6.21. The summed E-state index contributed by atoms with van der Waals surface area (Å²) in [5, 5.41) is 0. The van der Waals surface area contributed by atoms with Gasteiger partial charge in [-0.25, -0.2) is 4.79 Å². The average Bonchev–Trinajstić information content (AvgIpc) is 2.94. The number of esters is 1.